The van der Waals surface area contributed by atoms with E-state index in [2.05, 4.69) is 9.88 Å². The molecule has 1 aromatic carbocycles. The molecule has 1 aromatic heterocycles. The van der Waals surface area contributed by atoms with E-state index in [0.717, 1.165) is 37.9 Å². The van der Waals surface area contributed by atoms with Crippen LogP contribution in [0.2, 0.25) is 0 Å². The van der Waals surface area contributed by atoms with Crippen molar-refractivity contribution in [2.45, 2.75) is 45.1 Å². The van der Waals surface area contributed by atoms with Crippen molar-refractivity contribution in [1.82, 2.24) is 14.8 Å². The van der Waals surface area contributed by atoms with E-state index >= 15 is 0 Å². The summed E-state index contributed by atoms with van der Waals surface area (Å²) in [5.41, 5.74) is 1.55. The van der Waals surface area contributed by atoms with Crippen molar-refractivity contribution in [2.24, 2.45) is 0 Å². The number of hydrogen-bond donors (Lipinski definition) is 0. The molecule has 9 nitrogen and oxygen atoms in total. The number of amides is 3. The molecule has 36 heavy (non-hydrogen) atoms. The molecular weight excluding hydrogens is 460 g/mol. The minimum absolute atomic E-state index is 0.0432. The van der Waals surface area contributed by atoms with Gasteiger partial charge in [0.1, 0.15) is 5.82 Å². The molecule has 2 aliphatic heterocycles. The number of aromatic nitrogens is 1. The van der Waals surface area contributed by atoms with E-state index in [1.165, 1.54) is 11.1 Å². The van der Waals surface area contributed by atoms with E-state index in [1.807, 2.05) is 0 Å². The molecule has 0 N–H and O–H groups in total. The van der Waals surface area contributed by atoms with Crippen molar-refractivity contribution in [3.63, 3.8) is 0 Å². The normalized spacial score (nSPS) is 18.4. The molecule has 0 radical (unpaired) electrons. The van der Waals surface area contributed by atoms with Crippen LogP contribution in [0.5, 0.6) is 0 Å². The Morgan fingerprint density at radius 2 is 1.61 bits per heavy atom. The molecule has 0 atom stereocenters. The fourth-order valence-electron chi connectivity index (χ4n) is 5.29. The Morgan fingerprint density at radius 1 is 0.917 bits per heavy atom. The molecule has 2 fully saturated rings. The molecule has 9 heteroatoms. The Labute approximate surface area is 210 Å². The monoisotopic (exact) mass is 490 g/mol. The van der Waals surface area contributed by atoms with Gasteiger partial charge in [0.15, 0.2) is 0 Å². The standard InChI is InChI=1S/C27H30N4O5/c1-2-36-27(35)19-9-11-23(28-17-19)29-12-14-30(15-13-29)24(32)18-8-10-21-22(16-18)26(34)31(25(21)33)20-6-4-3-5-7-20/h8-11,16-17,20H,2-7,12-15H2,1H3. The molecule has 1 saturated heterocycles. The van der Waals surface area contributed by atoms with E-state index in [1.54, 1.807) is 42.2 Å². The zero-order chi connectivity index (χ0) is 25.2. The zero-order valence-corrected chi connectivity index (χ0v) is 20.4. The average molecular weight is 491 g/mol. The summed E-state index contributed by atoms with van der Waals surface area (Å²) >= 11 is 0. The van der Waals surface area contributed by atoms with Crippen LogP contribution in [-0.4, -0.2) is 77.3 Å². The van der Waals surface area contributed by atoms with Gasteiger partial charge in [0.05, 0.1) is 23.3 Å². The first-order chi connectivity index (χ1) is 17.5. The minimum atomic E-state index is -0.400. The molecule has 3 heterocycles. The summed E-state index contributed by atoms with van der Waals surface area (Å²) in [5, 5.41) is 0. The molecule has 0 unspecified atom stereocenters. The van der Waals surface area contributed by atoms with Crippen LogP contribution in [0.15, 0.2) is 36.5 Å². The summed E-state index contributed by atoms with van der Waals surface area (Å²) in [6, 6.07) is 8.29. The van der Waals surface area contributed by atoms with Crippen LogP contribution >= 0.6 is 0 Å². The molecular formula is C27H30N4O5. The highest BCUT2D eigenvalue weighted by atomic mass is 16.5. The third-order valence-corrected chi connectivity index (χ3v) is 7.25. The Hall–Kier alpha value is -3.75. The number of carbonyl (C=O) groups excluding carboxylic acids is 4. The van der Waals surface area contributed by atoms with Gasteiger partial charge >= 0.3 is 5.97 Å². The molecule has 0 bridgehead atoms. The number of esters is 1. The van der Waals surface area contributed by atoms with Crippen LogP contribution in [0.3, 0.4) is 0 Å². The lowest BCUT2D eigenvalue weighted by Gasteiger charge is -2.35. The Balaban J connectivity index is 1.23. The fourth-order valence-corrected chi connectivity index (χ4v) is 5.29. The minimum Gasteiger partial charge on any atom is -0.462 e. The van der Waals surface area contributed by atoms with Gasteiger partial charge in [-0.1, -0.05) is 19.3 Å². The van der Waals surface area contributed by atoms with Crippen molar-refractivity contribution < 1.29 is 23.9 Å². The van der Waals surface area contributed by atoms with Crippen molar-refractivity contribution >= 4 is 29.5 Å². The number of imide groups is 1. The highest BCUT2D eigenvalue weighted by Crippen LogP contribution is 2.31. The third-order valence-electron chi connectivity index (χ3n) is 7.25. The van der Waals surface area contributed by atoms with Crippen molar-refractivity contribution in [1.29, 1.82) is 0 Å². The number of piperazine rings is 1. The first kappa shape index (κ1) is 24.0. The third kappa shape index (κ3) is 4.45. The summed E-state index contributed by atoms with van der Waals surface area (Å²) in [5.74, 6) is -0.336. The first-order valence-corrected chi connectivity index (χ1v) is 12.7. The second-order valence-corrected chi connectivity index (χ2v) is 9.44. The summed E-state index contributed by atoms with van der Waals surface area (Å²) < 4.78 is 4.99. The number of fused-ring (bicyclic) bond motifs is 1. The summed E-state index contributed by atoms with van der Waals surface area (Å²) in [6.07, 6.45) is 6.40. The maximum atomic E-state index is 13.2. The van der Waals surface area contributed by atoms with Crippen LogP contribution < -0.4 is 4.90 Å². The molecule has 0 spiro atoms. The topological polar surface area (TPSA) is 100 Å². The second kappa shape index (κ2) is 10.1. The van der Waals surface area contributed by atoms with Gasteiger partial charge in [-0.2, -0.15) is 0 Å². The average Bonchev–Trinajstić information content (AvgIpc) is 3.18. The lowest BCUT2D eigenvalue weighted by Crippen LogP contribution is -2.49. The van der Waals surface area contributed by atoms with Crippen LogP contribution in [-0.2, 0) is 4.74 Å². The number of anilines is 1. The number of rotatable bonds is 5. The van der Waals surface area contributed by atoms with E-state index in [4.69, 9.17) is 4.74 Å². The van der Waals surface area contributed by atoms with E-state index < -0.39 is 5.97 Å². The van der Waals surface area contributed by atoms with Gasteiger partial charge in [0.2, 0.25) is 0 Å². The van der Waals surface area contributed by atoms with Gasteiger partial charge in [0.25, 0.3) is 17.7 Å². The van der Waals surface area contributed by atoms with Crippen LogP contribution in [0.25, 0.3) is 0 Å². The maximum Gasteiger partial charge on any atom is 0.339 e. The first-order valence-electron chi connectivity index (χ1n) is 12.7. The Kier molecular flexibility index (Phi) is 6.71. The highest BCUT2D eigenvalue weighted by Gasteiger charge is 2.40. The molecule has 1 saturated carbocycles. The van der Waals surface area contributed by atoms with Gasteiger partial charge in [-0.25, -0.2) is 9.78 Å². The van der Waals surface area contributed by atoms with Crippen molar-refractivity contribution in [3.8, 4) is 0 Å². The van der Waals surface area contributed by atoms with Crippen LogP contribution in [0.4, 0.5) is 5.82 Å². The predicted molar refractivity (Wildman–Crippen MR) is 132 cm³/mol. The maximum absolute atomic E-state index is 13.2. The van der Waals surface area contributed by atoms with Crippen molar-refractivity contribution in [2.75, 3.05) is 37.7 Å². The lowest BCUT2D eigenvalue weighted by molar-refractivity contribution is 0.0520. The second-order valence-electron chi connectivity index (χ2n) is 9.44. The summed E-state index contributed by atoms with van der Waals surface area (Å²) in [4.78, 5) is 60.7. The summed E-state index contributed by atoms with van der Waals surface area (Å²) in [6.45, 7) is 4.25. The number of carbonyl (C=O) groups is 4. The number of ether oxygens (including phenoxy) is 1. The number of nitrogens with zero attached hydrogens (tertiary/aromatic N) is 4. The Morgan fingerprint density at radius 3 is 2.28 bits per heavy atom. The lowest BCUT2D eigenvalue weighted by atomic mass is 9.94. The molecule has 3 aliphatic rings. The SMILES string of the molecule is CCOC(=O)c1ccc(N2CCN(C(=O)c3ccc4c(c3)C(=O)N(C3CCCCC3)C4=O)CC2)nc1. The molecule has 5 rings (SSSR count). The summed E-state index contributed by atoms with van der Waals surface area (Å²) in [7, 11) is 0. The largest absolute Gasteiger partial charge is 0.462 e. The molecule has 1 aliphatic carbocycles. The van der Waals surface area contributed by atoms with Crippen LogP contribution in [0.1, 0.15) is 80.5 Å². The van der Waals surface area contributed by atoms with E-state index in [-0.39, 0.29) is 23.8 Å². The number of benzene rings is 1. The number of pyridine rings is 1. The van der Waals surface area contributed by atoms with E-state index in [0.29, 0.717) is 55.0 Å². The van der Waals surface area contributed by atoms with Gasteiger partial charge < -0.3 is 14.5 Å². The van der Waals surface area contributed by atoms with Crippen molar-refractivity contribution in [3.05, 3.63) is 58.8 Å². The van der Waals surface area contributed by atoms with Gasteiger partial charge in [-0.15, -0.1) is 0 Å². The number of hydrogen-bond acceptors (Lipinski definition) is 7. The van der Waals surface area contributed by atoms with Gasteiger partial charge in [0, 0.05) is 44.0 Å². The van der Waals surface area contributed by atoms with E-state index in [9.17, 15) is 19.2 Å². The Bertz CT molecular complexity index is 1180. The molecule has 2 aromatic rings. The molecule has 188 valence electrons. The van der Waals surface area contributed by atoms with Gasteiger partial charge in [-0.3, -0.25) is 19.3 Å². The molecule has 3 amide bonds. The smallest absolute Gasteiger partial charge is 0.339 e. The van der Waals surface area contributed by atoms with Crippen LogP contribution in [0, 0.1) is 0 Å². The predicted octanol–water partition coefficient (Wildman–Crippen LogP) is 3.15. The zero-order valence-electron chi connectivity index (χ0n) is 20.4. The van der Waals surface area contributed by atoms with Gasteiger partial charge in [-0.05, 0) is 50.1 Å². The highest BCUT2D eigenvalue weighted by molar-refractivity contribution is 6.22. The fraction of sp³-hybridized carbons (Fsp3) is 0.444. The quantitative estimate of drug-likeness (QED) is 0.469.